The van der Waals surface area contributed by atoms with Crippen molar-refractivity contribution in [2.45, 2.75) is 25.8 Å². The van der Waals surface area contributed by atoms with Crippen molar-refractivity contribution in [2.24, 2.45) is 0 Å². The molecule has 2 heterocycles. The monoisotopic (exact) mass is 361 g/mol. The zero-order valence-corrected chi connectivity index (χ0v) is 15.2. The lowest BCUT2D eigenvalue weighted by Gasteiger charge is -2.27. The van der Waals surface area contributed by atoms with Crippen LogP contribution in [-0.4, -0.2) is 38.9 Å². The SMILES string of the molecule is O=C(Nc1ccccc1CN1CCCCC1)c1cn(-c2ccccc2)nn1. The predicted molar refractivity (Wildman–Crippen MR) is 105 cm³/mol. The summed E-state index contributed by atoms with van der Waals surface area (Å²) in [5.74, 6) is -0.247. The molecule has 0 aliphatic carbocycles. The van der Waals surface area contributed by atoms with E-state index in [4.69, 9.17) is 0 Å². The fourth-order valence-corrected chi connectivity index (χ4v) is 3.40. The van der Waals surface area contributed by atoms with Gasteiger partial charge in [-0.3, -0.25) is 9.69 Å². The Kier molecular flexibility index (Phi) is 5.25. The normalized spacial score (nSPS) is 14.8. The van der Waals surface area contributed by atoms with Crippen LogP contribution in [0.25, 0.3) is 5.69 Å². The third-order valence-corrected chi connectivity index (χ3v) is 4.85. The van der Waals surface area contributed by atoms with Gasteiger partial charge in [-0.15, -0.1) is 5.10 Å². The van der Waals surface area contributed by atoms with E-state index < -0.39 is 0 Å². The number of nitrogens with zero attached hydrogens (tertiary/aromatic N) is 4. The van der Waals surface area contributed by atoms with Crippen LogP contribution in [-0.2, 0) is 6.54 Å². The van der Waals surface area contributed by atoms with Crippen LogP contribution >= 0.6 is 0 Å². The smallest absolute Gasteiger partial charge is 0.277 e. The van der Waals surface area contributed by atoms with Gasteiger partial charge >= 0.3 is 0 Å². The van der Waals surface area contributed by atoms with Crippen molar-refractivity contribution in [3.63, 3.8) is 0 Å². The van der Waals surface area contributed by atoms with Gasteiger partial charge in [-0.2, -0.15) is 0 Å². The highest BCUT2D eigenvalue weighted by molar-refractivity contribution is 6.03. The molecule has 0 unspecified atom stereocenters. The van der Waals surface area contributed by atoms with Gasteiger partial charge in [0.2, 0.25) is 0 Å². The number of anilines is 1. The molecule has 1 N–H and O–H groups in total. The largest absolute Gasteiger partial charge is 0.320 e. The molecule has 27 heavy (non-hydrogen) atoms. The van der Waals surface area contributed by atoms with Crippen LogP contribution < -0.4 is 5.32 Å². The van der Waals surface area contributed by atoms with Crippen molar-refractivity contribution < 1.29 is 4.79 Å². The first-order valence-corrected chi connectivity index (χ1v) is 9.39. The van der Waals surface area contributed by atoms with Crippen molar-refractivity contribution in [3.05, 3.63) is 72.1 Å². The number of hydrogen-bond acceptors (Lipinski definition) is 4. The molecule has 0 spiro atoms. The zero-order valence-electron chi connectivity index (χ0n) is 15.2. The Labute approximate surface area is 158 Å². The van der Waals surface area contributed by atoms with E-state index in [9.17, 15) is 4.79 Å². The highest BCUT2D eigenvalue weighted by atomic mass is 16.2. The van der Waals surface area contributed by atoms with Gasteiger partial charge in [-0.1, -0.05) is 48.0 Å². The van der Waals surface area contributed by atoms with Crippen LogP contribution in [0.2, 0.25) is 0 Å². The Bertz CT molecular complexity index is 900. The predicted octanol–water partition coefficient (Wildman–Crippen LogP) is 3.51. The molecular formula is C21H23N5O. The van der Waals surface area contributed by atoms with Gasteiger partial charge in [-0.25, -0.2) is 4.68 Å². The lowest BCUT2D eigenvalue weighted by Crippen LogP contribution is -2.29. The van der Waals surface area contributed by atoms with E-state index in [0.717, 1.165) is 36.6 Å². The number of piperidine rings is 1. The molecule has 3 aromatic rings. The van der Waals surface area contributed by atoms with E-state index in [-0.39, 0.29) is 5.91 Å². The number of hydrogen-bond donors (Lipinski definition) is 1. The average Bonchev–Trinajstić information content (AvgIpc) is 3.21. The molecule has 1 saturated heterocycles. The van der Waals surface area contributed by atoms with Gasteiger partial charge in [0, 0.05) is 12.2 Å². The molecule has 1 fully saturated rings. The molecule has 1 aliphatic rings. The number of carbonyl (C=O) groups excluding carboxylic acids is 1. The third-order valence-electron chi connectivity index (χ3n) is 4.85. The molecule has 2 aromatic carbocycles. The first kappa shape index (κ1) is 17.4. The van der Waals surface area contributed by atoms with Gasteiger partial charge < -0.3 is 5.32 Å². The van der Waals surface area contributed by atoms with Crippen molar-refractivity contribution in [3.8, 4) is 5.69 Å². The van der Waals surface area contributed by atoms with Crippen LogP contribution in [0.15, 0.2) is 60.8 Å². The zero-order chi connectivity index (χ0) is 18.5. The molecule has 6 nitrogen and oxygen atoms in total. The van der Waals surface area contributed by atoms with Gasteiger partial charge in [0.05, 0.1) is 11.9 Å². The summed E-state index contributed by atoms with van der Waals surface area (Å²) in [5.41, 5.74) is 3.13. The summed E-state index contributed by atoms with van der Waals surface area (Å²) in [5, 5.41) is 11.1. The quantitative estimate of drug-likeness (QED) is 0.755. The number of nitrogens with one attached hydrogen (secondary N) is 1. The van der Waals surface area contributed by atoms with E-state index in [1.54, 1.807) is 10.9 Å². The van der Waals surface area contributed by atoms with Crippen molar-refractivity contribution in [1.82, 2.24) is 19.9 Å². The van der Waals surface area contributed by atoms with Gasteiger partial charge in [0.15, 0.2) is 5.69 Å². The maximum Gasteiger partial charge on any atom is 0.277 e. The van der Waals surface area contributed by atoms with Crippen molar-refractivity contribution in [2.75, 3.05) is 18.4 Å². The second-order valence-electron chi connectivity index (χ2n) is 6.83. The Morgan fingerprint density at radius 3 is 2.52 bits per heavy atom. The molecule has 0 bridgehead atoms. The van der Waals surface area contributed by atoms with Crippen molar-refractivity contribution >= 4 is 11.6 Å². The molecule has 0 atom stereocenters. The maximum atomic E-state index is 12.7. The minimum Gasteiger partial charge on any atom is -0.320 e. The molecule has 1 aliphatic heterocycles. The van der Waals surface area contributed by atoms with Gasteiger partial charge in [-0.05, 0) is 49.7 Å². The number of amides is 1. The Morgan fingerprint density at radius 2 is 1.70 bits per heavy atom. The number of benzene rings is 2. The Hall–Kier alpha value is -2.99. The fraction of sp³-hybridized carbons (Fsp3) is 0.286. The Morgan fingerprint density at radius 1 is 0.963 bits per heavy atom. The second kappa shape index (κ2) is 8.14. The van der Waals surface area contributed by atoms with Gasteiger partial charge in [0.25, 0.3) is 5.91 Å². The van der Waals surface area contributed by atoms with E-state index in [2.05, 4.69) is 26.6 Å². The number of carbonyl (C=O) groups is 1. The van der Waals surface area contributed by atoms with E-state index in [0.29, 0.717) is 5.69 Å². The summed E-state index contributed by atoms with van der Waals surface area (Å²) in [6.45, 7) is 3.09. The summed E-state index contributed by atoms with van der Waals surface area (Å²) in [7, 11) is 0. The number of rotatable bonds is 5. The molecule has 1 aromatic heterocycles. The van der Waals surface area contributed by atoms with Crippen LogP contribution in [0.1, 0.15) is 35.3 Å². The molecule has 138 valence electrons. The number of likely N-dealkylation sites (tertiary alicyclic amines) is 1. The first-order chi connectivity index (χ1) is 13.3. The van der Waals surface area contributed by atoms with Crippen LogP contribution in [0.4, 0.5) is 5.69 Å². The molecule has 6 heteroatoms. The Balaban J connectivity index is 1.48. The number of para-hydroxylation sites is 2. The summed E-state index contributed by atoms with van der Waals surface area (Å²) < 4.78 is 1.61. The standard InChI is InChI=1S/C21H23N5O/c27-21(20-16-26(24-23-20)18-10-3-1-4-11-18)22-19-12-6-5-9-17(19)15-25-13-7-2-8-14-25/h1,3-6,9-12,16H,2,7-8,13-15H2,(H,22,27). The van der Waals surface area contributed by atoms with Crippen molar-refractivity contribution in [1.29, 1.82) is 0 Å². The third kappa shape index (κ3) is 4.23. The van der Waals surface area contributed by atoms with Gasteiger partial charge in [0.1, 0.15) is 0 Å². The van der Waals surface area contributed by atoms with E-state index in [1.807, 2.05) is 48.5 Å². The fourth-order valence-electron chi connectivity index (χ4n) is 3.40. The highest BCUT2D eigenvalue weighted by Crippen LogP contribution is 2.20. The second-order valence-corrected chi connectivity index (χ2v) is 6.83. The molecule has 0 radical (unpaired) electrons. The summed E-state index contributed by atoms with van der Waals surface area (Å²) in [6, 6.07) is 17.6. The topological polar surface area (TPSA) is 63.1 Å². The average molecular weight is 361 g/mol. The molecule has 4 rings (SSSR count). The lowest BCUT2D eigenvalue weighted by molar-refractivity contribution is 0.102. The van der Waals surface area contributed by atoms with Crippen LogP contribution in [0.3, 0.4) is 0 Å². The lowest BCUT2D eigenvalue weighted by atomic mass is 10.1. The minimum absolute atomic E-state index is 0.247. The highest BCUT2D eigenvalue weighted by Gasteiger charge is 2.16. The molecule has 1 amide bonds. The van der Waals surface area contributed by atoms with Crippen LogP contribution in [0.5, 0.6) is 0 Å². The summed E-state index contributed by atoms with van der Waals surface area (Å²) >= 11 is 0. The molecule has 0 saturated carbocycles. The van der Waals surface area contributed by atoms with E-state index in [1.165, 1.54) is 19.3 Å². The van der Waals surface area contributed by atoms with Crippen LogP contribution in [0, 0.1) is 0 Å². The number of aromatic nitrogens is 3. The first-order valence-electron chi connectivity index (χ1n) is 9.39. The minimum atomic E-state index is -0.247. The summed E-state index contributed by atoms with van der Waals surface area (Å²) in [6.07, 6.45) is 5.46. The maximum absolute atomic E-state index is 12.7. The van der Waals surface area contributed by atoms with E-state index >= 15 is 0 Å². The molecular weight excluding hydrogens is 338 g/mol. The summed E-state index contributed by atoms with van der Waals surface area (Å²) in [4.78, 5) is 15.1.